The van der Waals surface area contributed by atoms with Crippen molar-refractivity contribution in [2.75, 3.05) is 11.4 Å². The molecule has 21 heavy (non-hydrogen) atoms. The van der Waals surface area contributed by atoms with Crippen LogP contribution in [0.5, 0.6) is 0 Å². The normalized spacial score (nSPS) is 12.9. The lowest BCUT2D eigenvalue weighted by Gasteiger charge is -2.20. The van der Waals surface area contributed by atoms with Gasteiger partial charge in [-0.15, -0.1) is 0 Å². The van der Waals surface area contributed by atoms with E-state index in [-0.39, 0.29) is 5.91 Å². The van der Waals surface area contributed by atoms with Gasteiger partial charge in [-0.25, -0.2) is 0 Å². The molecule has 0 aliphatic carbocycles. The summed E-state index contributed by atoms with van der Waals surface area (Å²) in [6, 6.07) is 14.9. The number of amides is 1. The molecule has 3 rings (SSSR count). The lowest BCUT2D eigenvalue weighted by atomic mass is 10.2. The summed E-state index contributed by atoms with van der Waals surface area (Å²) in [5, 5.41) is 3.72. The Hall–Kier alpha value is -1.91. The van der Waals surface area contributed by atoms with E-state index in [4.69, 9.17) is 23.8 Å². The summed E-state index contributed by atoms with van der Waals surface area (Å²) in [7, 11) is 0. The van der Waals surface area contributed by atoms with Crippen molar-refractivity contribution >= 4 is 40.5 Å². The number of nitrogens with one attached hydrogen (secondary N) is 1. The zero-order valence-corrected chi connectivity index (χ0v) is 12.7. The number of hydrogen-bond donors (Lipinski definition) is 1. The highest BCUT2D eigenvalue weighted by molar-refractivity contribution is 7.80. The van der Waals surface area contributed by atoms with E-state index < -0.39 is 0 Å². The van der Waals surface area contributed by atoms with Gasteiger partial charge in [0, 0.05) is 22.8 Å². The van der Waals surface area contributed by atoms with Crippen LogP contribution >= 0.6 is 23.8 Å². The number of benzene rings is 2. The van der Waals surface area contributed by atoms with E-state index in [2.05, 4.69) is 11.4 Å². The second-order valence-corrected chi connectivity index (χ2v) is 5.62. The van der Waals surface area contributed by atoms with Crippen LogP contribution in [-0.4, -0.2) is 17.6 Å². The fourth-order valence-corrected chi connectivity index (χ4v) is 2.89. The van der Waals surface area contributed by atoms with Crippen LogP contribution in [0.25, 0.3) is 0 Å². The average Bonchev–Trinajstić information content (AvgIpc) is 2.91. The third kappa shape index (κ3) is 2.91. The van der Waals surface area contributed by atoms with E-state index in [9.17, 15) is 4.79 Å². The minimum absolute atomic E-state index is 0.244. The molecule has 0 unspecified atom stereocenters. The van der Waals surface area contributed by atoms with E-state index >= 15 is 0 Å². The maximum absolute atomic E-state index is 12.2. The molecular weight excluding hydrogens is 304 g/mol. The van der Waals surface area contributed by atoms with E-state index in [1.54, 1.807) is 24.3 Å². The third-order valence-electron chi connectivity index (χ3n) is 3.44. The van der Waals surface area contributed by atoms with Gasteiger partial charge >= 0.3 is 0 Å². The summed E-state index contributed by atoms with van der Waals surface area (Å²) in [5.74, 6) is -0.244. The van der Waals surface area contributed by atoms with Crippen molar-refractivity contribution in [3.63, 3.8) is 0 Å². The quantitative estimate of drug-likeness (QED) is 0.818. The molecule has 0 aromatic heterocycles. The number of para-hydroxylation sites is 1. The van der Waals surface area contributed by atoms with Crippen molar-refractivity contribution in [3.05, 3.63) is 64.7 Å². The van der Waals surface area contributed by atoms with Crippen LogP contribution < -0.4 is 10.2 Å². The number of carbonyl (C=O) groups excluding carboxylic acids is 1. The fourth-order valence-electron chi connectivity index (χ4n) is 2.42. The molecular formula is C16H13ClN2OS. The summed E-state index contributed by atoms with van der Waals surface area (Å²) in [5.41, 5.74) is 2.81. The molecule has 0 spiro atoms. The number of nitrogens with zero attached hydrogens (tertiary/aromatic N) is 1. The Balaban J connectivity index is 1.74. The molecule has 0 fully saturated rings. The summed E-state index contributed by atoms with van der Waals surface area (Å²) in [6.07, 6.45) is 0.934. The van der Waals surface area contributed by atoms with Crippen LogP contribution in [0.4, 0.5) is 5.69 Å². The molecule has 1 aliphatic heterocycles. The second-order valence-electron chi connectivity index (χ2n) is 4.80. The van der Waals surface area contributed by atoms with Crippen molar-refractivity contribution < 1.29 is 4.79 Å². The molecule has 1 amide bonds. The first kappa shape index (κ1) is 14.0. The molecule has 106 valence electrons. The Bertz CT molecular complexity index is 717. The zero-order valence-electron chi connectivity index (χ0n) is 11.2. The van der Waals surface area contributed by atoms with Crippen LogP contribution in [0.1, 0.15) is 15.9 Å². The topological polar surface area (TPSA) is 32.3 Å². The van der Waals surface area contributed by atoms with Gasteiger partial charge in [-0.2, -0.15) is 0 Å². The maximum Gasteiger partial charge on any atom is 0.257 e. The number of fused-ring (bicyclic) bond motifs is 1. The fraction of sp³-hybridized carbons (Fsp3) is 0.125. The molecule has 2 aromatic rings. The van der Waals surface area contributed by atoms with Gasteiger partial charge in [-0.05, 0) is 48.5 Å². The minimum atomic E-state index is -0.244. The Morgan fingerprint density at radius 2 is 2.00 bits per heavy atom. The highest BCUT2D eigenvalue weighted by atomic mass is 35.5. The highest BCUT2D eigenvalue weighted by Gasteiger charge is 2.22. The van der Waals surface area contributed by atoms with Crippen molar-refractivity contribution in [2.45, 2.75) is 6.42 Å². The van der Waals surface area contributed by atoms with Gasteiger partial charge in [0.25, 0.3) is 5.91 Å². The Kier molecular flexibility index (Phi) is 3.90. The van der Waals surface area contributed by atoms with Gasteiger partial charge in [0.2, 0.25) is 0 Å². The molecule has 2 aromatic carbocycles. The van der Waals surface area contributed by atoms with Crippen LogP contribution in [0.2, 0.25) is 5.02 Å². The largest absolute Gasteiger partial charge is 0.318 e. The van der Waals surface area contributed by atoms with E-state index in [0.29, 0.717) is 15.7 Å². The van der Waals surface area contributed by atoms with Gasteiger partial charge in [-0.3, -0.25) is 10.1 Å². The van der Waals surface area contributed by atoms with Crippen LogP contribution in [-0.2, 0) is 6.42 Å². The van der Waals surface area contributed by atoms with Crippen molar-refractivity contribution in [1.82, 2.24) is 5.32 Å². The molecule has 0 saturated heterocycles. The molecule has 1 heterocycles. The first-order valence-electron chi connectivity index (χ1n) is 6.61. The standard InChI is InChI=1S/C16H13ClN2OS/c17-13-6-3-5-12(10-13)15(20)18-16(21)19-9-8-11-4-1-2-7-14(11)19/h1-7,10H,8-9H2,(H,18,20,21). The zero-order chi connectivity index (χ0) is 14.8. The molecule has 1 N–H and O–H groups in total. The molecule has 0 atom stereocenters. The predicted molar refractivity (Wildman–Crippen MR) is 89.0 cm³/mol. The van der Waals surface area contributed by atoms with Gasteiger partial charge in [0.1, 0.15) is 0 Å². The minimum Gasteiger partial charge on any atom is -0.318 e. The molecule has 3 nitrogen and oxygen atoms in total. The molecule has 0 bridgehead atoms. The smallest absolute Gasteiger partial charge is 0.257 e. The molecule has 0 saturated carbocycles. The van der Waals surface area contributed by atoms with Crippen molar-refractivity contribution in [1.29, 1.82) is 0 Å². The van der Waals surface area contributed by atoms with Gasteiger partial charge in [0.05, 0.1) is 0 Å². The lowest BCUT2D eigenvalue weighted by molar-refractivity contribution is 0.0977. The number of anilines is 1. The van der Waals surface area contributed by atoms with E-state index in [1.807, 2.05) is 23.1 Å². The highest BCUT2D eigenvalue weighted by Crippen LogP contribution is 2.27. The SMILES string of the molecule is O=C(NC(=S)N1CCc2ccccc21)c1cccc(Cl)c1. The average molecular weight is 317 g/mol. The first-order valence-corrected chi connectivity index (χ1v) is 7.40. The molecule has 5 heteroatoms. The van der Waals surface area contributed by atoms with Gasteiger partial charge in [-0.1, -0.05) is 35.9 Å². The number of carbonyl (C=O) groups is 1. The van der Waals surface area contributed by atoms with Gasteiger partial charge < -0.3 is 4.90 Å². The van der Waals surface area contributed by atoms with Crippen LogP contribution in [0.15, 0.2) is 48.5 Å². The van der Waals surface area contributed by atoms with E-state index in [1.165, 1.54) is 5.56 Å². The Morgan fingerprint density at radius 3 is 2.81 bits per heavy atom. The Labute approximate surface area is 133 Å². The maximum atomic E-state index is 12.2. The summed E-state index contributed by atoms with van der Waals surface area (Å²) in [6.45, 7) is 0.786. The second kappa shape index (κ2) is 5.84. The van der Waals surface area contributed by atoms with Crippen molar-refractivity contribution in [3.8, 4) is 0 Å². The monoisotopic (exact) mass is 316 g/mol. The first-order chi connectivity index (χ1) is 10.1. The third-order valence-corrected chi connectivity index (χ3v) is 4.00. The molecule has 0 radical (unpaired) electrons. The number of halogens is 1. The van der Waals surface area contributed by atoms with Gasteiger partial charge in [0.15, 0.2) is 5.11 Å². The number of rotatable bonds is 1. The lowest BCUT2D eigenvalue weighted by Crippen LogP contribution is -2.41. The predicted octanol–water partition coefficient (Wildman–Crippen LogP) is 3.42. The van der Waals surface area contributed by atoms with Crippen molar-refractivity contribution in [2.24, 2.45) is 0 Å². The number of hydrogen-bond acceptors (Lipinski definition) is 2. The number of thiocarbonyl (C=S) groups is 1. The van der Waals surface area contributed by atoms with Crippen LogP contribution in [0, 0.1) is 0 Å². The summed E-state index contributed by atoms with van der Waals surface area (Å²) >= 11 is 11.3. The molecule has 1 aliphatic rings. The van der Waals surface area contributed by atoms with Crippen LogP contribution in [0.3, 0.4) is 0 Å². The Morgan fingerprint density at radius 1 is 1.19 bits per heavy atom. The van der Waals surface area contributed by atoms with E-state index in [0.717, 1.165) is 18.7 Å². The summed E-state index contributed by atoms with van der Waals surface area (Å²) < 4.78 is 0. The summed E-state index contributed by atoms with van der Waals surface area (Å²) in [4.78, 5) is 14.1.